The van der Waals surface area contributed by atoms with E-state index in [1.54, 1.807) is 42.4 Å². The van der Waals surface area contributed by atoms with E-state index in [1.165, 1.54) is 0 Å². The first-order valence-corrected chi connectivity index (χ1v) is 7.66. The van der Waals surface area contributed by atoms with Gasteiger partial charge in [-0.1, -0.05) is 11.6 Å². The second-order valence-electron chi connectivity index (χ2n) is 5.26. The van der Waals surface area contributed by atoms with Crippen molar-refractivity contribution in [2.45, 2.75) is 0 Å². The van der Waals surface area contributed by atoms with Gasteiger partial charge in [0.2, 0.25) is 0 Å². The highest BCUT2D eigenvalue weighted by molar-refractivity contribution is 6.33. The van der Waals surface area contributed by atoms with Crippen LogP contribution in [0.1, 0.15) is 10.4 Å². The van der Waals surface area contributed by atoms with E-state index < -0.39 is 0 Å². The summed E-state index contributed by atoms with van der Waals surface area (Å²) in [6.07, 6.45) is 4.93. The average molecular weight is 338 g/mol. The van der Waals surface area contributed by atoms with Crippen molar-refractivity contribution in [1.29, 1.82) is 0 Å². The van der Waals surface area contributed by atoms with Gasteiger partial charge in [0.15, 0.2) is 0 Å². The molecule has 0 amide bonds. The molecule has 0 saturated heterocycles. The number of hydrogen-bond donors (Lipinski definition) is 0. The molecular formula is C18H12ClN3O2. The lowest BCUT2D eigenvalue weighted by molar-refractivity contribution is 0.0969. The van der Waals surface area contributed by atoms with E-state index in [9.17, 15) is 4.79 Å². The minimum absolute atomic E-state index is 0.176. The maximum atomic E-state index is 13.1. The molecule has 1 aromatic carbocycles. The fraction of sp³-hybridized carbons (Fsp3) is 0.0556. The second-order valence-corrected chi connectivity index (χ2v) is 5.62. The molecule has 0 unspecified atom stereocenters. The Morgan fingerprint density at radius 3 is 2.79 bits per heavy atom. The molecule has 4 rings (SSSR count). The quantitative estimate of drug-likeness (QED) is 0.520. The van der Waals surface area contributed by atoms with Gasteiger partial charge in [-0.3, -0.25) is 14.3 Å². The first-order valence-electron chi connectivity index (χ1n) is 7.28. The van der Waals surface area contributed by atoms with Gasteiger partial charge in [0, 0.05) is 23.2 Å². The fourth-order valence-electron chi connectivity index (χ4n) is 2.86. The van der Waals surface area contributed by atoms with Crippen LogP contribution >= 0.6 is 11.6 Å². The monoisotopic (exact) mass is 337 g/mol. The molecule has 0 aliphatic carbocycles. The summed E-state index contributed by atoms with van der Waals surface area (Å²) >= 11 is 6.11. The largest absolute Gasteiger partial charge is 0.497 e. The Balaban J connectivity index is 2.07. The Morgan fingerprint density at radius 1 is 1.12 bits per heavy atom. The molecule has 0 spiro atoms. The number of rotatable bonds is 2. The van der Waals surface area contributed by atoms with E-state index in [1.807, 2.05) is 24.3 Å². The van der Waals surface area contributed by atoms with E-state index in [0.717, 1.165) is 22.0 Å². The van der Waals surface area contributed by atoms with Crippen molar-refractivity contribution in [3.05, 3.63) is 65.7 Å². The van der Waals surface area contributed by atoms with Crippen LogP contribution in [-0.4, -0.2) is 27.6 Å². The zero-order valence-electron chi connectivity index (χ0n) is 12.7. The highest BCUT2D eigenvalue weighted by atomic mass is 35.5. The summed E-state index contributed by atoms with van der Waals surface area (Å²) in [6, 6.07) is 10.8. The van der Waals surface area contributed by atoms with Crippen molar-refractivity contribution in [2.75, 3.05) is 7.11 Å². The molecule has 24 heavy (non-hydrogen) atoms. The van der Waals surface area contributed by atoms with Crippen LogP contribution in [0.2, 0.25) is 5.15 Å². The van der Waals surface area contributed by atoms with Crippen molar-refractivity contribution in [3.8, 4) is 5.75 Å². The summed E-state index contributed by atoms with van der Waals surface area (Å²) < 4.78 is 6.91. The SMILES string of the molecule is COc1ccc2c(c1)c1ccncc1n2C(=O)c1cccnc1Cl. The summed E-state index contributed by atoms with van der Waals surface area (Å²) in [5, 5.41) is 2.02. The number of nitrogens with zero attached hydrogens (tertiary/aromatic N) is 3. The maximum absolute atomic E-state index is 13.1. The van der Waals surface area contributed by atoms with Gasteiger partial charge < -0.3 is 4.74 Å². The Kier molecular flexibility index (Phi) is 3.43. The van der Waals surface area contributed by atoms with Crippen molar-refractivity contribution in [3.63, 3.8) is 0 Å². The zero-order valence-corrected chi connectivity index (χ0v) is 13.5. The summed E-state index contributed by atoms with van der Waals surface area (Å²) in [4.78, 5) is 21.2. The number of methoxy groups -OCH3 is 1. The molecule has 3 aromatic heterocycles. The molecule has 0 fully saturated rings. The van der Waals surface area contributed by atoms with Crippen LogP contribution in [0, 0.1) is 0 Å². The van der Waals surface area contributed by atoms with Crippen LogP contribution in [0.5, 0.6) is 5.75 Å². The Morgan fingerprint density at radius 2 is 2.00 bits per heavy atom. The summed E-state index contributed by atoms with van der Waals surface area (Å²) in [5.41, 5.74) is 1.83. The fourth-order valence-corrected chi connectivity index (χ4v) is 3.06. The summed E-state index contributed by atoms with van der Waals surface area (Å²) in [6.45, 7) is 0. The van der Waals surface area contributed by atoms with E-state index in [4.69, 9.17) is 16.3 Å². The minimum atomic E-state index is -0.244. The molecule has 118 valence electrons. The molecule has 0 radical (unpaired) electrons. The number of fused-ring (bicyclic) bond motifs is 3. The smallest absolute Gasteiger partial charge is 0.266 e. The molecule has 0 saturated carbocycles. The number of carbonyl (C=O) groups excluding carboxylic acids is 1. The van der Waals surface area contributed by atoms with Gasteiger partial charge in [0.25, 0.3) is 5.91 Å². The van der Waals surface area contributed by atoms with Crippen LogP contribution in [0.25, 0.3) is 21.8 Å². The number of halogens is 1. The van der Waals surface area contributed by atoms with Crippen LogP contribution in [0.15, 0.2) is 55.0 Å². The highest BCUT2D eigenvalue weighted by Crippen LogP contribution is 2.32. The number of carbonyl (C=O) groups is 1. The Hall–Kier alpha value is -2.92. The average Bonchev–Trinajstić information content (AvgIpc) is 2.95. The van der Waals surface area contributed by atoms with Gasteiger partial charge in [-0.15, -0.1) is 0 Å². The van der Waals surface area contributed by atoms with Crippen LogP contribution in [-0.2, 0) is 0 Å². The van der Waals surface area contributed by atoms with Crippen LogP contribution < -0.4 is 4.74 Å². The molecule has 5 nitrogen and oxygen atoms in total. The predicted octanol–water partition coefficient (Wildman–Crippen LogP) is 3.94. The van der Waals surface area contributed by atoms with Crippen LogP contribution in [0.3, 0.4) is 0 Å². The third-order valence-corrected chi connectivity index (χ3v) is 4.27. The molecule has 0 atom stereocenters. The number of ether oxygens (including phenoxy) is 1. The Bertz CT molecular complexity index is 1090. The number of benzene rings is 1. The molecule has 0 aliphatic heterocycles. The van der Waals surface area contributed by atoms with E-state index in [2.05, 4.69) is 9.97 Å². The first kappa shape index (κ1) is 14.7. The number of pyridine rings is 2. The van der Waals surface area contributed by atoms with Gasteiger partial charge in [-0.25, -0.2) is 4.98 Å². The van der Waals surface area contributed by atoms with Crippen molar-refractivity contribution >= 4 is 39.3 Å². The van der Waals surface area contributed by atoms with Gasteiger partial charge in [-0.2, -0.15) is 0 Å². The van der Waals surface area contributed by atoms with E-state index in [-0.39, 0.29) is 11.1 Å². The van der Waals surface area contributed by atoms with Crippen molar-refractivity contribution in [1.82, 2.24) is 14.5 Å². The minimum Gasteiger partial charge on any atom is -0.497 e. The molecular weight excluding hydrogens is 326 g/mol. The molecule has 0 bridgehead atoms. The molecule has 0 aliphatic rings. The van der Waals surface area contributed by atoms with Crippen LogP contribution in [0.4, 0.5) is 0 Å². The third-order valence-electron chi connectivity index (χ3n) is 3.97. The summed E-state index contributed by atoms with van der Waals surface area (Å²) in [5.74, 6) is 0.483. The van der Waals surface area contributed by atoms with Crippen molar-refractivity contribution < 1.29 is 9.53 Å². The molecule has 0 N–H and O–H groups in total. The lowest BCUT2D eigenvalue weighted by atomic mass is 10.2. The lowest BCUT2D eigenvalue weighted by Gasteiger charge is -2.07. The standard InChI is InChI=1S/C18H12ClN3O2/c1-24-11-4-5-15-14(9-11)12-6-8-20-10-16(12)22(15)18(23)13-3-2-7-21-17(13)19/h2-10H,1H3. The van der Waals surface area contributed by atoms with Gasteiger partial charge in [0.1, 0.15) is 10.9 Å². The maximum Gasteiger partial charge on any atom is 0.266 e. The Labute approximate surface area is 142 Å². The predicted molar refractivity (Wildman–Crippen MR) is 92.8 cm³/mol. The van der Waals surface area contributed by atoms with E-state index in [0.29, 0.717) is 11.1 Å². The number of hydrogen-bond acceptors (Lipinski definition) is 4. The topological polar surface area (TPSA) is 57.0 Å². The first-order chi connectivity index (χ1) is 11.7. The number of aromatic nitrogens is 3. The van der Waals surface area contributed by atoms with E-state index >= 15 is 0 Å². The van der Waals surface area contributed by atoms with Gasteiger partial charge >= 0.3 is 0 Å². The highest BCUT2D eigenvalue weighted by Gasteiger charge is 2.20. The molecule has 3 heterocycles. The molecule has 6 heteroatoms. The normalized spacial score (nSPS) is 11.1. The lowest BCUT2D eigenvalue weighted by Crippen LogP contribution is -2.12. The summed E-state index contributed by atoms with van der Waals surface area (Å²) in [7, 11) is 1.61. The zero-order chi connectivity index (χ0) is 16.7. The third kappa shape index (κ3) is 2.13. The van der Waals surface area contributed by atoms with Crippen molar-refractivity contribution in [2.24, 2.45) is 0 Å². The van der Waals surface area contributed by atoms with Gasteiger partial charge in [0.05, 0.1) is 29.9 Å². The second kappa shape index (κ2) is 5.62. The molecule has 4 aromatic rings. The van der Waals surface area contributed by atoms with Gasteiger partial charge in [-0.05, 0) is 36.4 Å².